The highest BCUT2D eigenvalue weighted by Gasteiger charge is 2.34. The molecule has 0 bridgehead atoms. The lowest BCUT2D eigenvalue weighted by atomic mass is 10.1. The largest absolute Gasteiger partial charge is 0.331 e. The number of pyridine rings is 1. The molecule has 1 aromatic carbocycles. The van der Waals surface area contributed by atoms with E-state index in [9.17, 15) is 9.18 Å². The van der Waals surface area contributed by atoms with Crippen LogP contribution in [0.1, 0.15) is 28.8 Å². The van der Waals surface area contributed by atoms with Crippen LogP contribution < -0.4 is 0 Å². The van der Waals surface area contributed by atoms with E-state index in [1.165, 1.54) is 18.5 Å². The van der Waals surface area contributed by atoms with E-state index in [0.29, 0.717) is 16.1 Å². The molecule has 0 aliphatic heterocycles. The van der Waals surface area contributed by atoms with Gasteiger partial charge in [0.05, 0.1) is 10.6 Å². The molecule has 0 spiro atoms. The third kappa shape index (κ3) is 3.05. The zero-order chi connectivity index (χ0) is 14.8. The number of amides is 1. The van der Waals surface area contributed by atoms with Gasteiger partial charge in [-0.15, -0.1) is 0 Å². The number of nitrogens with zero attached hydrogens (tertiary/aromatic N) is 2. The van der Waals surface area contributed by atoms with Crippen LogP contribution in [-0.2, 0) is 6.54 Å². The number of halogens is 2. The summed E-state index contributed by atoms with van der Waals surface area (Å²) in [6, 6.07) is 8.26. The Hall–Kier alpha value is -1.94. The summed E-state index contributed by atoms with van der Waals surface area (Å²) in [5, 5.41) is 0.370. The topological polar surface area (TPSA) is 33.2 Å². The number of hydrogen-bond donors (Lipinski definition) is 0. The van der Waals surface area contributed by atoms with Gasteiger partial charge < -0.3 is 4.90 Å². The molecule has 1 aromatic heterocycles. The fourth-order valence-corrected chi connectivity index (χ4v) is 2.44. The summed E-state index contributed by atoms with van der Waals surface area (Å²) in [5.41, 5.74) is 0.875. The average Bonchev–Trinajstić information content (AvgIpc) is 3.31. The summed E-state index contributed by atoms with van der Waals surface area (Å²) in [7, 11) is 0. The second kappa shape index (κ2) is 5.82. The minimum Gasteiger partial charge on any atom is -0.331 e. The number of benzene rings is 1. The van der Waals surface area contributed by atoms with E-state index in [1.807, 2.05) is 0 Å². The van der Waals surface area contributed by atoms with Gasteiger partial charge in [-0.05, 0) is 25.0 Å². The van der Waals surface area contributed by atoms with Crippen molar-refractivity contribution in [2.45, 2.75) is 25.4 Å². The van der Waals surface area contributed by atoms with Gasteiger partial charge in [-0.1, -0.05) is 29.8 Å². The van der Waals surface area contributed by atoms with Crippen LogP contribution in [0.15, 0.2) is 42.7 Å². The van der Waals surface area contributed by atoms with Crippen molar-refractivity contribution in [3.63, 3.8) is 0 Å². The van der Waals surface area contributed by atoms with E-state index in [2.05, 4.69) is 4.98 Å². The van der Waals surface area contributed by atoms with Crippen molar-refractivity contribution in [1.29, 1.82) is 0 Å². The van der Waals surface area contributed by atoms with Crippen LogP contribution in [-0.4, -0.2) is 21.8 Å². The van der Waals surface area contributed by atoms with Crippen molar-refractivity contribution in [3.8, 4) is 0 Å². The van der Waals surface area contributed by atoms with Gasteiger partial charge in [0.1, 0.15) is 5.82 Å². The van der Waals surface area contributed by atoms with Gasteiger partial charge in [0.15, 0.2) is 0 Å². The lowest BCUT2D eigenvalue weighted by molar-refractivity contribution is 0.0728. The van der Waals surface area contributed by atoms with Gasteiger partial charge in [0, 0.05) is 30.5 Å². The third-order valence-electron chi connectivity index (χ3n) is 3.55. The Morgan fingerprint density at radius 3 is 2.76 bits per heavy atom. The highest BCUT2D eigenvalue weighted by atomic mass is 35.5. The van der Waals surface area contributed by atoms with Gasteiger partial charge in [0.25, 0.3) is 5.91 Å². The summed E-state index contributed by atoms with van der Waals surface area (Å²) in [4.78, 5) is 18.3. The van der Waals surface area contributed by atoms with Crippen molar-refractivity contribution in [2.24, 2.45) is 0 Å². The van der Waals surface area contributed by atoms with E-state index in [0.717, 1.165) is 12.8 Å². The molecule has 0 atom stereocenters. The van der Waals surface area contributed by atoms with E-state index in [-0.39, 0.29) is 24.3 Å². The Morgan fingerprint density at radius 1 is 1.33 bits per heavy atom. The Morgan fingerprint density at radius 2 is 2.10 bits per heavy atom. The van der Waals surface area contributed by atoms with E-state index in [4.69, 9.17) is 11.6 Å². The van der Waals surface area contributed by atoms with Crippen molar-refractivity contribution in [3.05, 3.63) is 64.7 Å². The monoisotopic (exact) mass is 304 g/mol. The number of carbonyl (C=O) groups excluding carboxylic acids is 1. The highest BCUT2D eigenvalue weighted by Crippen LogP contribution is 2.31. The second-order valence-electron chi connectivity index (χ2n) is 5.11. The van der Waals surface area contributed by atoms with Crippen molar-refractivity contribution in [2.75, 3.05) is 0 Å². The van der Waals surface area contributed by atoms with Crippen molar-refractivity contribution >= 4 is 17.5 Å². The molecule has 3 rings (SSSR count). The van der Waals surface area contributed by atoms with E-state index < -0.39 is 0 Å². The molecule has 1 aliphatic carbocycles. The van der Waals surface area contributed by atoms with Crippen molar-refractivity contribution < 1.29 is 9.18 Å². The fraction of sp³-hybridized carbons (Fsp3) is 0.250. The molecule has 1 saturated carbocycles. The molecule has 1 amide bonds. The first-order chi connectivity index (χ1) is 10.2. The first kappa shape index (κ1) is 14.0. The maximum atomic E-state index is 13.8. The maximum Gasteiger partial charge on any atom is 0.257 e. The van der Waals surface area contributed by atoms with Gasteiger partial charge in [0.2, 0.25) is 0 Å². The minimum absolute atomic E-state index is 0.161. The third-order valence-corrected chi connectivity index (χ3v) is 3.87. The SMILES string of the molecule is O=C(c1cnccc1Cl)N(Cc1ccccc1F)C1CC1. The molecule has 5 heteroatoms. The van der Waals surface area contributed by atoms with Gasteiger partial charge in [-0.2, -0.15) is 0 Å². The Balaban J connectivity index is 1.87. The van der Waals surface area contributed by atoms with Gasteiger partial charge in [-0.25, -0.2) is 4.39 Å². The number of aromatic nitrogens is 1. The van der Waals surface area contributed by atoms with Crippen molar-refractivity contribution in [1.82, 2.24) is 9.88 Å². The Kier molecular flexibility index (Phi) is 3.88. The predicted molar refractivity (Wildman–Crippen MR) is 78.5 cm³/mol. The van der Waals surface area contributed by atoms with E-state index >= 15 is 0 Å². The Labute approximate surface area is 127 Å². The average molecular weight is 305 g/mol. The van der Waals surface area contributed by atoms with Crippen LogP contribution in [0.4, 0.5) is 4.39 Å². The minimum atomic E-state index is -0.298. The summed E-state index contributed by atoms with van der Waals surface area (Å²) >= 11 is 6.06. The van der Waals surface area contributed by atoms with Crippen LogP contribution in [0.5, 0.6) is 0 Å². The molecule has 0 unspecified atom stereocenters. The molecule has 1 fully saturated rings. The smallest absolute Gasteiger partial charge is 0.257 e. The lowest BCUT2D eigenvalue weighted by Crippen LogP contribution is -2.33. The van der Waals surface area contributed by atoms with Crippen LogP contribution in [0, 0.1) is 5.82 Å². The molecule has 1 aliphatic rings. The number of hydrogen-bond acceptors (Lipinski definition) is 2. The molecule has 0 N–H and O–H groups in total. The van der Waals surface area contributed by atoms with Crippen LogP contribution in [0.25, 0.3) is 0 Å². The molecule has 21 heavy (non-hydrogen) atoms. The molecular weight excluding hydrogens is 291 g/mol. The summed E-state index contributed by atoms with van der Waals surface area (Å²) in [6.45, 7) is 0.251. The molecule has 108 valence electrons. The quantitative estimate of drug-likeness (QED) is 0.863. The Bertz CT molecular complexity index is 673. The molecule has 1 heterocycles. The van der Waals surface area contributed by atoms with Gasteiger partial charge >= 0.3 is 0 Å². The molecule has 2 aromatic rings. The van der Waals surface area contributed by atoms with Crippen LogP contribution in [0.3, 0.4) is 0 Å². The molecular formula is C16H14ClFN2O. The zero-order valence-electron chi connectivity index (χ0n) is 11.3. The summed E-state index contributed by atoms with van der Waals surface area (Å²) in [6.07, 6.45) is 4.88. The maximum absolute atomic E-state index is 13.8. The van der Waals surface area contributed by atoms with E-state index in [1.54, 1.807) is 29.2 Å². The lowest BCUT2D eigenvalue weighted by Gasteiger charge is -2.23. The second-order valence-corrected chi connectivity index (χ2v) is 5.52. The highest BCUT2D eigenvalue weighted by molar-refractivity contribution is 6.33. The first-order valence-corrected chi connectivity index (χ1v) is 7.18. The number of carbonyl (C=O) groups is 1. The summed E-state index contributed by atoms with van der Waals surface area (Å²) < 4.78 is 13.8. The summed E-state index contributed by atoms with van der Waals surface area (Å²) in [5.74, 6) is -0.493. The molecule has 3 nitrogen and oxygen atoms in total. The van der Waals surface area contributed by atoms with Crippen LogP contribution >= 0.6 is 11.6 Å². The standard InChI is InChI=1S/C16H14ClFN2O/c17-14-7-8-19-9-13(14)16(21)20(12-5-6-12)10-11-3-1-2-4-15(11)18/h1-4,7-9,12H,5-6,10H2. The van der Waals surface area contributed by atoms with Gasteiger partial charge in [-0.3, -0.25) is 9.78 Å². The fourth-order valence-electron chi connectivity index (χ4n) is 2.25. The number of rotatable bonds is 4. The van der Waals surface area contributed by atoms with Crippen LogP contribution in [0.2, 0.25) is 5.02 Å². The first-order valence-electron chi connectivity index (χ1n) is 6.80. The predicted octanol–water partition coefficient (Wildman–Crippen LogP) is 3.68. The molecule has 0 radical (unpaired) electrons. The normalized spacial score (nSPS) is 14.0. The molecule has 0 saturated heterocycles. The zero-order valence-corrected chi connectivity index (χ0v) is 12.1.